The van der Waals surface area contributed by atoms with E-state index in [1.165, 1.54) is 0 Å². The van der Waals surface area contributed by atoms with Crippen LogP contribution in [0.2, 0.25) is 0 Å². The fourth-order valence-electron chi connectivity index (χ4n) is 3.11. The van der Waals surface area contributed by atoms with Gasteiger partial charge in [0, 0.05) is 19.5 Å². The van der Waals surface area contributed by atoms with Crippen LogP contribution in [0.25, 0.3) is 0 Å². The standard InChI is InChI=1S/C23H30N2O2/c1-3-17-24-23(27)21(4-2)25(18-20-13-9-6-10-14-20)22(26)16-15-19-11-7-5-8-12-19/h5-14,21H,3-4,15-18H2,1-2H3,(H,24,27)/t21-/m0/s1. The zero-order chi connectivity index (χ0) is 19.5. The maximum absolute atomic E-state index is 13.0. The van der Waals surface area contributed by atoms with Gasteiger partial charge in [-0.05, 0) is 30.4 Å². The lowest BCUT2D eigenvalue weighted by atomic mass is 10.1. The van der Waals surface area contributed by atoms with Gasteiger partial charge in [-0.1, -0.05) is 74.5 Å². The van der Waals surface area contributed by atoms with Gasteiger partial charge in [0.05, 0.1) is 0 Å². The smallest absolute Gasteiger partial charge is 0.242 e. The van der Waals surface area contributed by atoms with Crippen molar-refractivity contribution in [2.75, 3.05) is 6.54 Å². The summed E-state index contributed by atoms with van der Waals surface area (Å²) in [5.74, 6) is -0.0513. The highest BCUT2D eigenvalue weighted by Gasteiger charge is 2.28. The highest BCUT2D eigenvalue weighted by atomic mass is 16.2. The van der Waals surface area contributed by atoms with E-state index in [2.05, 4.69) is 5.32 Å². The Bertz CT molecular complexity index is 701. The molecule has 1 atom stereocenters. The van der Waals surface area contributed by atoms with Gasteiger partial charge in [-0.15, -0.1) is 0 Å². The Labute approximate surface area is 162 Å². The van der Waals surface area contributed by atoms with Gasteiger partial charge >= 0.3 is 0 Å². The minimum atomic E-state index is -0.444. The van der Waals surface area contributed by atoms with Gasteiger partial charge in [-0.25, -0.2) is 0 Å². The summed E-state index contributed by atoms with van der Waals surface area (Å²) < 4.78 is 0. The number of carbonyl (C=O) groups excluding carboxylic acids is 2. The molecule has 0 fully saturated rings. The fourth-order valence-corrected chi connectivity index (χ4v) is 3.11. The molecule has 0 saturated carbocycles. The minimum Gasteiger partial charge on any atom is -0.354 e. The van der Waals surface area contributed by atoms with Gasteiger partial charge in [-0.2, -0.15) is 0 Å². The third kappa shape index (κ3) is 6.55. The molecule has 2 aromatic carbocycles. The van der Waals surface area contributed by atoms with E-state index in [0.29, 0.717) is 32.4 Å². The van der Waals surface area contributed by atoms with Crippen LogP contribution >= 0.6 is 0 Å². The molecule has 0 aliphatic carbocycles. The fraction of sp³-hybridized carbons (Fsp3) is 0.391. The maximum Gasteiger partial charge on any atom is 0.242 e. The molecule has 1 N–H and O–H groups in total. The van der Waals surface area contributed by atoms with Crippen molar-refractivity contribution in [1.82, 2.24) is 10.2 Å². The molecule has 27 heavy (non-hydrogen) atoms. The van der Waals surface area contributed by atoms with Crippen molar-refractivity contribution < 1.29 is 9.59 Å². The van der Waals surface area contributed by atoms with Crippen LogP contribution < -0.4 is 5.32 Å². The highest BCUT2D eigenvalue weighted by molar-refractivity contribution is 5.87. The summed E-state index contributed by atoms with van der Waals surface area (Å²) in [4.78, 5) is 27.4. The minimum absolute atomic E-state index is 0.0150. The number of benzene rings is 2. The molecule has 0 aliphatic heterocycles. The largest absolute Gasteiger partial charge is 0.354 e. The van der Waals surface area contributed by atoms with Gasteiger partial charge in [0.25, 0.3) is 0 Å². The Hall–Kier alpha value is -2.62. The quantitative estimate of drug-likeness (QED) is 0.692. The Morgan fingerprint density at radius 2 is 1.52 bits per heavy atom. The van der Waals surface area contributed by atoms with Crippen LogP contribution in [0.4, 0.5) is 0 Å². The predicted molar refractivity (Wildman–Crippen MR) is 109 cm³/mol. The second kappa shape index (κ2) is 11.2. The van der Waals surface area contributed by atoms with Gasteiger partial charge in [0.2, 0.25) is 11.8 Å². The third-order valence-electron chi connectivity index (χ3n) is 4.60. The van der Waals surface area contributed by atoms with Crippen molar-refractivity contribution in [3.05, 3.63) is 71.8 Å². The van der Waals surface area contributed by atoms with Crippen molar-refractivity contribution >= 4 is 11.8 Å². The van der Waals surface area contributed by atoms with Crippen LogP contribution in [0, 0.1) is 0 Å². The summed E-state index contributed by atoms with van der Waals surface area (Å²) in [5.41, 5.74) is 2.17. The number of nitrogens with one attached hydrogen (secondary N) is 1. The Morgan fingerprint density at radius 1 is 0.926 bits per heavy atom. The van der Waals surface area contributed by atoms with E-state index >= 15 is 0 Å². The summed E-state index contributed by atoms with van der Waals surface area (Å²) in [5, 5.41) is 2.95. The SMILES string of the molecule is CCCNC(=O)[C@H](CC)N(Cc1ccccc1)C(=O)CCc1ccccc1. The molecule has 0 bridgehead atoms. The van der Waals surface area contributed by atoms with Crippen LogP contribution in [0.1, 0.15) is 44.2 Å². The monoisotopic (exact) mass is 366 g/mol. The summed E-state index contributed by atoms with van der Waals surface area (Å²) in [7, 11) is 0. The average Bonchev–Trinajstić information content (AvgIpc) is 2.71. The molecule has 2 aromatic rings. The summed E-state index contributed by atoms with van der Waals surface area (Å²) in [6, 6.07) is 19.4. The van der Waals surface area contributed by atoms with Crippen molar-refractivity contribution in [3.8, 4) is 0 Å². The Balaban J connectivity index is 2.14. The van der Waals surface area contributed by atoms with Crippen LogP contribution in [0.15, 0.2) is 60.7 Å². The lowest BCUT2D eigenvalue weighted by Crippen LogP contribution is -2.49. The van der Waals surface area contributed by atoms with E-state index in [-0.39, 0.29) is 11.8 Å². The number of amides is 2. The summed E-state index contributed by atoms with van der Waals surface area (Å²) in [6.45, 7) is 5.06. The number of nitrogens with zero attached hydrogens (tertiary/aromatic N) is 1. The molecule has 0 spiro atoms. The van der Waals surface area contributed by atoms with E-state index in [4.69, 9.17) is 0 Å². The molecule has 0 heterocycles. The van der Waals surface area contributed by atoms with Gasteiger partial charge in [0.1, 0.15) is 6.04 Å². The molecular weight excluding hydrogens is 336 g/mol. The number of rotatable bonds is 10. The summed E-state index contributed by atoms with van der Waals surface area (Å²) >= 11 is 0. The zero-order valence-electron chi connectivity index (χ0n) is 16.4. The van der Waals surface area contributed by atoms with E-state index in [1.54, 1.807) is 4.90 Å². The molecule has 2 amide bonds. The first-order valence-corrected chi connectivity index (χ1v) is 9.80. The second-order valence-corrected chi connectivity index (χ2v) is 6.71. The van der Waals surface area contributed by atoms with Crippen molar-refractivity contribution in [3.63, 3.8) is 0 Å². The van der Waals surface area contributed by atoms with Gasteiger partial charge in [-0.3, -0.25) is 9.59 Å². The molecule has 4 nitrogen and oxygen atoms in total. The Morgan fingerprint density at radius 3 is 2.07 bits per heavy atom. The maximum atomic E-state index is 13.0. The number of hydrogen-bond donors (Lipinski definition) is 1. The van der Waals surface area contributed by atoms with E-state index in [1.807, 2.05) is 74.5 Å². The molecule has 0 radical (unpaired) electrons. The Kier molecular flexibility index (Phi) is 8.56. The van der Waals surface area contributed by atoms with Gasteiger partial charge < -0.3 is 10.2 Å². The van der Waals surface area contributed by atoms with Crippen molar-refractivity contribution in [1.29, 1.82) is 0 Å². The molecule has 0 unspecified atom stereocenters. The highest BCUT2D eigenvalue weighted by Crippen LogP contribution is 2.15. The molecule has 144 valence electrons. The van der Waals surface area contributed by atoms with Crippen molar-refractivity contribution in [2.24, 2.45) is 0 Å². The molecule has 0 saturated heterocycles. The van der Waals surface area contributed by atoms with Crippen LogP contribution in [0.3, 0.4) is 0 Å². The van der Waals surface area contributed by atoms with Crippen molar-refractivity contribution in [2.45, 2.75) is 52.1 Å². The molecular formula is C23H30N2O2. The molecule has 4 heteroatoms. The number of aryl methyl sites for hydroxylation is 1. The lowest BCUT2D eigenvalue weighted by Gasteiger charge is -2.30. The first-order valence-electron chi connectivity index (χ1n) is 9.80. The zero-order valence-corrected chi connectivity index (χ0v) is 16.4. The van der Waals surface area contributed by atoms with Crippen LogP contribution in [-0.2, 0) is 22.6 Å². The van der Waals surface area contributed by atoms with Crippen LogP contribution in [-0.4, -0.2) is 29.3 Å². The first-order chi connectivity index (χ1) is 13.2. The summed E-state index contributed by atoms with van der Waals surface area (Å²) in [6.07, 6.45) is 2.55. The molecule has 0 aliphatic rings. The normalized spacial score (nSPS) is 11.6. The van der Waals surface area contributed by atoms with E-state index < -0.39 is 6.04 Å². The third-order valence-corrected chi connectivity index (χ3v) is 4.60. The van der Waals surface area contributed by atoms with E-state index in [9.17, 15) is 9.59 Å². The van der Waals surface area contributed by atoms with Gasteiger partial charge in [0.15, 0.2) is 0 Å². The molecule has 2 rings (SSSR count). The number of carbonyl (C=O) groups is 2. The second-order valence-electron chi connectivity index (χ2n) is 6.71. The lowest BCUT2D eigenvalue weighted by molar-refractivity contribution is -0.141. The predicted octanol–water partition coefficient (Wildman–Crippen LogP) is 3.95. The topological polar surface area (TPSA) is 49.4 Å². The first kappa shape index (κ1) is 20.7. The average molecular weight is 367 g/mol. The van der Waals surface area contributed by atoms with E-state index in [0.717, 1.165) is 17.5 Å². The van der Waals surface area contributed by atoms with Crippen LogP contribution in [0.5, 0.6) is 0 Å². The molecule has 0 aromatic heterocycles. The number of hydrogen-bond acceptors (Lipinski definition) is 2.